The Morgan fingerprint density at radius 3 is 2.04 bits per heavy atom. The van der Waals surface area contributed by atoms with Crippen molar-refractivity contribution in [2.24, 2.45) is 23.7 Å². The summed E-state index contributed by atoms with van der Waals surface area (Å²) < 4.78 is 12.1. The highest BCUT2D eigenvalue weighted by Gasteiger charge is 2.43. The van der Waals surface area contributed by atoms with Gasteiger partial charge in [0.15, 0.2) is 0 Å². The number of hydrogen-bond donors (Lipinski definition) is 3. The van der Waals surface area contributed by atoms with Gasteiger partial charge in [-0.25, -0.2) is 0 Å². The SMILES string of the molecule is CC[C@H](C)[C@H]([C@@H](CC(=O)N1CCC[C@H]1[C@H](OC)[C@@H](C)C(=O)N[C@H](C)[C@@H](O)c1ccccc1)OC)N(C)C(=O)[C@@H](NC(=O)[C@H](C(C)C)N(C)C(C)I)C(C)C. The number of aliphatic hydroxyl groups is 1. The molecule has 12 nitrogen and oxygen atoms in total. The number of amides is 4. The summed E-state index contributed by atoms with van der Waals surface area (Å²) in [5, 5.41) is 16.9. The van der Waals surface area contributed by atoms with Crippen molar-refractivity contribution in [1.29, 1.82) is 0 Å². The molecule has 2 rings (SSSR count). The molecule has 1 aromatic carbocycles. The minimum absolute atomic E-state index is 0.0207. The van der Waals surface area contributed by atoms with Crippen LogP contribution in [0.15, 0.2) is 30.3 Å². The van der Waals surface area contributed by atoms with Gasteiger partial charge in [0.2, 0.25) is 23.6 Å². The highest BCUT2D eigenvalue weighted by atomic mass is 127. The van der Waals surface area contributed by atoms with Crippen molar-refractivity contribution >= 4 is 46.2 Å². The van der Waals surface area contributed by atoms with Gasteiger partial charge in [-0.3, -0.25) is 24.1 Å². The van der Waals surface area contributed by atoms with E-state index in [1.165, 1.54) is 0 Å². The molecule has 0 radical (unpaired) electrons. The number of carbonyl (C=O) groups excluding carboxylic acids is 4. The number of ether oxygens (including phenoxy) is 2. The number of methoxy groups -OCH3 is 2. The summed E-state index contributed by atoms with van der Waals surface area (Å²) >= 11 is 2.29. The van der Waals surface area contributed by atoms with E-state index in [-0.39, 0.29) is 57.9 Å². The zero-order chi connectivity index (χ0) is 41.0. The molecular weight excluding hydrogens is 801 g/mol. The maximum atomic E-state index is 14.3. The van der Waals surface area contributed by atoms with Gasteiger partial charge in [-0.2, -0.15) is 0 Å². The molecule has 1 aromatic rings. The molecule has 0 aliphatic carbocycles. The molecule has 1 saturated heterocycles. The summed E-state index contributed by atoms with van der Waals surface area (Å²) in [5.74, 6) is -1.59. The molecule has 1 aliphatic heterocycles. The fourth-order valence-electron chi connectivity index (χ4n) is 7.83. The Kier molecular flexibility index (Phi) is 19.9. The molecule has 1 unspecified atom stereocenters. The molecule has 0 saturated carbocycles. The molecular formula is C41H70IN5O7. The predicted molar refractivity (Wildman–Crippen MR) is 222 cm³/mol. The Hall–Kier alpha value is -2.33. The van der Waals surface area contributed by atoms with Crippen LogP contribution in [0.1, 0.15) is 99.7 Å². The molecule has 0 bridgehead atoms. The van der Waals surface area contributed by atoms with E-state index in [2.05, 4.69) is 40.1 Å². The highest BCUT2D eigenvalue weighted by molar-refractivity contribution is 14.1. The lowest BCUT2D eigenvalue weighted by Crippen LogP contribution is -2.60. The number of nitrogens with one attached hydrogen (secondary N) is 2. The Morgan fingerprint density at radius 1 is 0.926 bits per heavy atom. The number of rotatable bonds is 21. The van der Waals surface area contributed by atoms with E-state index in [0.717, 1.165) is 12.8 Å². The normalized spacial score (nSPS) is 20.4. The number of halogens is 1. The number of likely N-dealkylation sites (tertiary alicyclic amines) is 1. The molecule has 3 N–H and O–H groups in total. The summed E-state index contributed by atoms with van der Waals surface area (Å²) in [4.78, 5) is 61.2. The third-order valence-corrected chi connectivity index (χ3v) is 12.3. The van der Waals surface area contributed by atoms with Crippen LogP contribution in [0.2, 0.25) is 0 Å². The smallest absolute Gasteiger partial charge is 0.245 e. The zero-order valence-electron chi connectivity index (χ0n) is 35.0. The lowest BCUT2D eigenvalue weighted by molar-refractivity contribution is -0.148. The van der Waals surface area contributed by atoms with Crippen molar-refractivity contribution in [3.63, 3.8) is 0 Å². The zero-order valence-corrected chi connectivity index (χ0v) is 37.2. The van der Waals surface area contributed by atoms with Gasteiger partial charge in [0.1, 0.15) is 6.04 Å². The highest BCUT2D eigenvalue weighted by Crippen LogP contribution is 2.30. The Morgan fingerprint density at radius 2 is 1.54 bits per heavy atom. The third kappa shape index (κ3) is 12.3. The van der Waals surface area contributed by atoms with E-state index in [1.54, 1.807) is 44.9 Å². The fraction of sp³-hybridized carbons (Fsp3) is 0.756. The van der Waals surface area contributed by atoms with E-state index in [9.17, 15) is 24.3 Å². The quantitative estimate of drug-likeness (QED) is 0.0890. The van der Waals surface area contributed by atoms with Gasteiger partial charge in [0.05, 0.1) is 58.9 Å². The van der Waals surface area contributed by atoms with Crippen molar-refractivity contribution in [3.05, 3.63) is 35.9 Å². The van der Waals surface area contributed by atoms with Gasteiger partial charge >= 0.3 is 0 Å². The molecule has 1 aliphatic rings. The van der Waals surface area contributed by atoms with E-state index in [0.29, 0.717) is 18.5 Å². The van der Waals surface area contributed by atoms with Crippen LogP contribution in [0, 0.1) is 23.7 Å². The van der Waals surface area contributed by atoms with Gasteiger partial charge < -0.3 is 35.0 Å². The maximum Gasteiger partial charge on any atom is 0.245 e. The van der Waals surface area contributed by atoms with Gasteiger partial charge in [0, 0.05) is 27.8 Å². The van der Waals surface area contributed by atoms with E-state index >= 15 is 0 Å². The number of likely N-dealkylation sites (N-methyl/N-ethyl adjacent to an activating group) is 2. The topological polar surface area (TPSA) is 141 Å². The summed E-state index contributed by atoms with van der Waals surface area (Å²) in [6.45, 7) is 18.1. The molecule has 54 heavy (non-hydrogen) atoms. The predicted octanol–water partition coefficient (Wildman–Crippen LogP) is 5.02. The van der Waals surface area contributed by atoms with E-state index in [4.69, 9.17) is 9.47 Å². The first-order valence-electron chi connectivity index (χ1n) is 19.7. The van der Waals surface area contributed by atoms with Crippen molar-refractivity contribution in [1.82, 2.24) is 25.3 Å². The molecule has 13 heteroatoms. The summed E-state index contributed by atoms with van der Waals surface area (Å²) in [6, 6.07) is 6.69. The van der Waals surface area contributed by atoms with Crippen LogP contribution in [0.5, 0.6) is 0 Å². The second-order valence-electron chi connectivity index (χ2n) is 15.9. The molecule has 4 amide bonds. The van der Waals surface area contributed by atoms with Gasteiger partial charge in [0.25, 0.3) is 0 Å². The van der Waals surface area contributed by atoms with Gasteiger partial charge in [-0.1, -0.05) is 108 Å². The molecule has 0 spiro atoms. The van der Waals surface area contributed by atoms with Crippen molar-refractivity contribution in [3.8, 4) is 0 Å². The van der Waals surface area contributed by atoms with E-state index < -0.39 is 48.4 Å². The van der Waals surface area contributed by atoms with Crippen LogP contribution in [-0.2, 0) is 28.7 Å². The van der Waals surface area contributed by atoms with Crippen LogP contribution in [0.4, 0.5) is 0 Å². The minimum atomic E-state index is -0.877. The van der Waals surface area contributed by atoms with Gasteiger partial charge in [-0.15, -0.1) is 0 Å². The first-order valence-corrected chi connectivity index (χ1v) is 20.9. The van der Waals surface area contributed by atoms with E-state index in [1.807, 2.05) is 83.8 Å². The average Bonchev–Trinajstić information content (AvgIpc) is 3.62. The molecule has 308 valence electrons. The third-order valence-electron chi connectivity index (χ3n) is 11.4. The number of nitrogens with zero attached hydrogens (tertiary/aromatic N) is 3. The van der Waals surface area contributed by atoms with Crippen molar-refractivity contribution in [2.75, 3.05) is 34.9 Å². The second-order valence-corrected chi connectivity index (χ2v) is 17.7. The number of benzene rings is 1. The second kappa shape index (κ2) is 22.4. The summed E-state index contributed by atoms with van der Waals surface area (Å²) in [7, 11) is 6.79. The number of hydrogen-bond acceptors (Lipinski definition) is 8. The van der Waals surface area contributed by atoms with Crippen LogP contribution < -0.4 is 10.6 Å². The van der Waals surface area contributed by atoms with Crippen LogP contribution in [0.25, 0.3) is 0 Å². The fourth-order valence-corrected chi connectivity index (χ4v) is 8.18. The molecule has 1 heterocycles. The number of alkyl halides is 1. The van der Waals surface area contributed by atoms with Crippen molar-refractivity contribution in [2.45, 2.75) is 141 Å². The lowest BCUT2D eigenvalue weighted by Gasteiger charge is -2.41. The molecule has 0 aromatic heterocycles. The summed E-state index contributed by atoms with van der Waals surface area (Å²) in [6.07, 6.45) is 0.131. The Labute approximate surface area is 339 Å². The Balaban J connectivity index is 2.27. The monoisotopic (exact) mass is 871 g/mol. The average molecular weight is 872 g/mol. The number of aliphatic hydroxyl groups excluding tert-OH is 1. The molecule has 11 atom stereocenters. The van der Waals surface area contributed by atoms with Crippen LogP contribution in [0.3, 0.4) is 0 Å². The first kappa shape index (κ1) is 47.8. The Bertz CT molecular complexity index is 1330. The number of carbonyl (C=O) groups is 4. The molecule has 1 fully saturated rings. The van der Waals surface area contributed by atoms with Gasteiger partial charge in [-0.05, 0) is 57.1 Å². The lowest BCUT2D eigenvalue weighted by atomic mass is 9.89. The standard InChI is InChI=1S/C41H70IN5O7/c1-14-26(6)36(46(11)41(52)34(24(2)3)44-40(51)35(25(4)5)45(10)29(9)42)32(53-12)23-33(48)47-22-18-21-31(47)38(54-13)27(7)39(50)43-28(8)37(49)30-19-16-15-17-20-30/h15-17,19-20,24-29,31-32,34-38,49H,14,18,21-23H2,1-13H3,(H,43,50)(H,44,51)/t26-,27+,28+,29?,31-,32+,34-,35-,36+,37+,38+/m0/s1. The largest absolute Gasteiger partial charge is 0.386 e. The van der Waals surface area contributed by atoms with Crippen LogP contribution >= 0.6 is 22.6 Å². The van der Waals surface area contributed by atoms with Crippen molar-refractivity contribution < 1.29 is 33.8 Å². The minimum Gasteiger partial charge on any atom is -0.386 e. The summed E-state index contributed by atoms with van der Waals surface area (Å²) in [5.41, 5.74) is 0.711. The van der Waals surface area contributed by atoms with Crippen LogP contribution in [-0.4, -0.2) is 125 Å². The maximum absolute atomic E-state index is 14.3. The first-order chi connectivity index (χ1) is 25.3.